The summed E-state index contributed by atoms with van der Waals surface area (Å²) in [5.74, 6) is 1.75. The number of aliphatic hydroxyl groups excluding tert-OH is 1. The van der Waals surface area contributed by atoms with E-state index in [9.17, 15) is 14.3 Å². The van der Waals surface area contributed by atoms with Crippen LogP contribution in [0.4, 0.5) is 4.39 Å². The minimum atomic E-state index is -1.28. The Morgan fingerprint density at radius 2 is 2.05 bits per heavy atom. The molecule has 4 aliphatic carbocycles. The van der Waals surface area contributed by atoms with Gasteiger partial charge in [0.15, 0.2) is 12.0 Å². The fourth-order valence-electron chi connectivity index (χ4n) is 6.12. The van der Waals surface area contributed by atoms with E-state index in [1.807, 2.05) is 0 Å². The van der Waals surface area contributed by atoms with Crippen LogP contribution < -0.4 is 0 Å². The molecule has 0 aromatic carbocycles. The van der Waals surface area contributed by atoms with Gasteiger partial charge in [0.05, 0.1) is 6.10 Å². The zero-order chi connectivity index (χ0) is 14.8. The highest BCUT2D eigenvalue weighted by molar-refractivity contribution is 5.95. The molecule has 2 nitrogen and oxygen atoms in total. The van der Waals surface area contributed by atoms with Gasteiger partial charge in [-0.2, -0.15) is 0 Å². The van der Waals surface area contributed by atoms with Gasteiger partial charge in [-0.15, -0.1) is 0 Å². The average molecular weight is 292 g/mol. The molecule has 4 aliphatic rings. The molecule has 0 radical (unpaired) electrons. The molecule has 4 rings (SSSR count). The molecule has 21 heavy (non-hydrogen) atoms. The predicted molar refractivity (Wildman–Crippen MR) is 78.4 cm³/mol. The highest BCUT2D eigenvalue weighted by Crippen LogP contribution is 2.61. The third-order valence-electron chi connectivity index (χ3n) is 7.30. The second-order valence-electron chi connectivity index (χ2n) is 8.04. The second-order valence-corrected chi connectivity index (χ2v) is 8.04. The van der Waals surface area contributed by atoms with E-state index in [1.54, 1.807) is 6.08 Å². The van der Waals surface area contributed by atoms with Crippen molar-refractivity contribution in [1.82, 2.24) is 0 Å². The molecule has 0 aromatic heterocycles. The van der Waals surface area contributed by atoms with Crippen molar-refractivity contribution in [1.29, 1.82) is 0 Å². The number of alkyl halides is 1. The molecule has 7 atom stereocenters. The summed E-state index contributed by atoms with van der Waals surface area (Å²) >= 11 is 0. The monoisotopic (exact) mass is 292 g/mol. The van der Waals surface area contributed by atoms with Crippen molar-refractivity contribution in [3.63, 3.8) is 0 Å². The summed E-state index contributed by atoms with van der Waals surface area (Å²) in [6, 6.07) is 0. The van der Waals surface area contributed by atoms with E-state index in [0.717, 1.165) is 38.5 Å². The maximum Gasteiger partial charge on any atom is 0.189 e. The number of hydrogen-bond donors (Lipinski definition) is 1. The van der Waals surface area contributed by atoms with Gasteiger partial charge in [-0.1, -0.05) is 12.5 Å². The van der Waals surface area contributed by atoms with Crippen LogP contribution in [0.25, 0.3) is 0 Å². The second kappa shape index (κ2) is 4.65. The molecule has 0 bridgehead atoms. The molecule has 1 N–H and O–H groups in total. The quantitative estimate of drug-likeness (QED) is 0.742. The Kier molecular flexibility index (Phi) is 3.08. The van der Waals surface area contributed by atoms with Crippen LogP contribution in [0.5, 0.6) is 0 Å². The van der Waals surface area contributed by atoms with Gasteiger partial charge in [-0.3, -0.25) is 4.79 Å². The van der Waals surface area contributed by atoms with Crippen molar-refractivity contribution in [3.8, 4) is 0 Å². The highest BCUT2D eigenvalue weighted by atomic mass is 19.1. The zero-order valence-corrected chi connectivity index (χ0v) is 12.7. The van der Waals surface area contributed by atoms with Crippen LogP contribution in [0.1, 0.15) is 51.9 Å². The van der Waals surface area contributed by atoms with Gasteiger partial charge in [0.1, 0.15) is 0 Å². The van der Waals surface area contributed by atoms with Crippen molar-refractivity contribution in [2.24, 2.45) is 29.1 Å². The average Bonchev–Trinajstić information content (AvgIpc) is 2.76. The van der Waals surface area contributed by atoms with Gasteiger partial charge in [0.25, 0.3) is 0 Å². The number of allylic oxidation sites excluding steroid dienone is 1. The van der Waals surface area contributed by atoms with Crippen LogP contribution in [0.3, 0.4) is 0 Å². The van der Waals surface area contributed by atoms with Gasteiger partial charge in [-0.05, 0) is 80.1 Å². The van der Waals surface area contributed by atoms with Crippen molar-refractivity contribution in [3.05, 3.63) is 11.6 Å². The van der Waals surface area contributed by atoms with E-state index in [1.165, 1.54) is 5.57 Å². The Labute approximate surface area is 125 Å². The normalized spacial score (nSPS) is 52.7. The molecular weight excluding hydrogens is 267 g/mol. The summed E-state index contributed by atoms with van der Waals surface area (Å²) < 4.78 is 13.9. The summed E-state index contributed by atoms with van der Waals surface area (Å²) in [4.78, 5) is 11.6. The van der Waals surface area contributed by atoms with Crippen LogP contribution >= 0.6 is 0 Å². The molecule has 0 amide bonds. The predicted octanol–water partition coefficient (Wildman–Crippen LogP) is 3.44. The molecule has 3 heteroatoms. The van der Waals surface area contributed by atoms with Crippen molar-refractivity contribution < 1.29 is 14.3 Å². The Morgan fingerprint density at radius 3 is 2.86 bits per heavy atom. The lowest BCUT2D eigenvalue weighted by Crippen LogP contribution is -2.48. The topological polar surface area (TPSA) is 37.3 Å². The molecule has 3 fully saturated rings. The van der Waals surface area contributed by atoms with Gasteiger partial charge in [-0.25, -0.2) is 4.39 Å². The van der Waals surface area contributed by atoms with Crippen LogP contribution in [0, 0.1) is 29.1 Å². The van der Waals surface area contributed by atoms with E-state index >= 15 is 0 Å². The number of fused-ring (bicyclic) bond motifs is 5. The number of halogens is 1. The first kappa shape index (κ1) is 13.9. The number of hydrogen-bond acceptors (Lipinski definition) is 2. The fraction of sp³-hybridized carbons (Fsp3) is 0.833. The molecular formula is C18H25FO2. The van der Waals surface area contributed by atoms with Crippen LogP contribution in [-0.2, 0) is 4.79 Å². The van der Waals surface area contributed by atoms with E-state index < -0.39 is 6.17 Å². The SMILES string of the molecule is C[C@]12CC[C@H]3[C@@H](CCC4=CC(=O)C(F)C[C@@H]43)[C@@H]1CC[C@@H]2O. The maximum atomic E-state index is 13.9. The standard InChI is InChI=1S/C18H25FO2/c1-18-7-6-11-12(14(18)4-5-17(18)21)3-2-10-8-16(20)15(19)9-13(10)11/h8,11-15,17,21H,2-7,9H2,1H3/t11-,12+,13-,14-,15?,17-,18-/m0/s1. The summed E-state index contributed by atoms with van der Waals surface area (Å²) in [7, 11) is 0. The van der Waals surface area contributed by atoms with E-state index in [-0.39, 0.29) is 17.3 Å². The van der Waals surface area contributed by atoms with E-state index in [0.29, 0.717) is 30.1 Å². The van der Waals surface area contributed by atoms with Gasteiger partial charge in [0, 0.05) is 0 Å². The highest BCUT2D eigenvalue weighted by Gasteiger charge is 2.56. The number of rotatable bonds is 0. The summed E-state index contributed by atoms with van der Waals surface area (Å²) in [6.45, 7) is 2.26. The number of carbonyl (C=O) groups is 1. The third-order valence-corrected chi connectivity index (χ3v) is 7.30. The minimum Gasteiger partial charge on any atom is -0.393 e. The molecule has 3 saturated carbocycles. The smallest absolute Gasteiger partial charge is 0.189 e. The molecule has 116 valence electrons. The first-order valence-electron chi connectivity index (χ1n) is 8.57. The van der Waals surface area contributed by atoms with Crippen molar-refractivity contribution in [2.75, 3.05) is 0 Å². The number of aliphatic hydroxyl groups is 1. The van der Waals surface area contributed by atoms with Gasteiger partial charge < -0.3 is 5.11 Å². The Bertz CT molecular complexity index is 499. The lowest BCUT2D eigenvalue weighted by Gasteiger charge is -2.53. The molecule has 0 spiro atoms. The van der Waals surface area contributed by atoms with Crippen LogP contribution in [0.15, 0.2) is 11.6 Å². The van der Waals surface area contributed by atoms with Crippen molar-refractivity contribution in [2.45, 2.75) is 64.1 Å². The summed E-state index contributed by atoms with van der Waals surface area (Å²) in [6.07, 6.45) is 6.92. The van der Waals surface area contributed by atoms with Crippen LogP contribution in [-0.4, -0.2) is 23.2 Å². The zero-order valence-electron chi connectivity index (χ0n) is 12.7. The third kappa shape index (κ3) is 1.89. The fourth-order valence-corrected chi connectivity index (χ4v) is 6.12. The number of ketones is 1. The Morgan fingerprint density at radius 1 is 1.24 bits per heavy atom. The molecule has 0 saturated heterocycles. The first-order valence-corrected chi connectivity index (χ1v) is 8.57. The van der Waals surface area contributed by atoms with E-state index in [4.69, 9.17) is 0 Å². The number of carbonyl (C=O) groups excluding carboxylic acids is 1. The molecule has 0 aliphatic heterocycles. The largest absolute Gasteiger partial charge is 0.393 e. The van der Waals surface area contributed by atoms with Crippen LogP contribution in [0.2, 0.25) is 0 Å². The molecule has 0 aromatic rings. The van der Waals surface area contributed by atoms with Crippen molar-refractivity contribution >= 4 is 5.78 Å². The van der Waals surface area contributed by atoms with Gasteiger partial charge in [0.2, 0.25) is 0 Å². The lowest BCUT2D eigenvalue weighted by atomic mass is 9.52. The lowest BCUT2D eigenvalue weighted by molar-refractivity contribution is -0.121. The summed E-state index contributed by atoms with van der Waals surface area (Å²) in [5.41, 5.74) is 1.31. The van der Waals surface area contributed by atoms with E-state index in [2.05, 4.69) is 6.92 Å². The van der Waals surface area contributed by atoms with Gasteiger partial charge >= 0.3 is 0 Å². The Hall–Kier alpha value is -0.700. The minimum absolute atomic E-state index is 0.0853. The molecule has 1 unspecified atom stereocenters. The first-order chi connectivity index (χ1) is 10.0. The molecule has 0 heterocycles. The summed E-state index contributed by atoms with van der Waals surface area (Å²) in [5, 5.41) is 10.4. The Balaban J connectivity index is 1.63. The maximum absolute atomic E-state index is 13.9.